The lowest BCUT2D eigenvalue weighted by molar-refractivity contribution is 0.381. The minimum absolute atomic E-state index is 0.264. The molecule has 0 aliphatic carbocycles. The number of rotatable bonds is 6. The Labute approximate surface area is 164 Å². The molecule has 0 saturated carbocycles. The maximum absolute atomic E-state index is 13.2. The molecule has 6 heteroatoms. The maximum atomic E-state index is 13.2. The van der Waals surface area contributed by atoms with Gasteiger partial charge in [-0.05, 0) is 50.2 Å². The number of aliphatic imine (C=N–C) groups is 1. The summed E-state index contributed by atoms with van der Waals surface area (Å²) in [7, 11) is 0. The second-order valence-electron chi connectivity index (χ2n) is 6.42. The Kier molecular flexibility index (Phi) is 6.32. The van der Waals surface area contributed by atoms with Crippen LogP contribution in [0.5, 0.6) is 0 Å². The topological polar surface area (TPSA) is 63.3 Å². The van der Waals surface area contributed by atoms with Crippen LogP contribution in [-0.2, 0) is 6.54 Å². The zero-order chi connectivity index (χ0) is 19.9. The highest BCUT2D eigenvalue weighted by molar-refractivity contribution is 6.01. The molecule has 0 bridgehead atoms. The van der Waals surface area contributed by atoms with Crippen LogP contribution in [0.3, 0.4) is 0 Å². The summed E-state index contributed by atoms with van der Waals surface area (Å²) < 4.78 is 18.5. The summed E-state index contributed by atoms with van der Waals surface area (Å²) in [5.74, 6) is 1.12. The first kappa shape index (κ1) is 19.5. The molecule has 0 unspecified atom stereocenters. The average Bonchev–Trinajstić information content (AvgIpc) is 3.11. The van der Waals surface area contributed by atoms with E-state index in [1.165, 1.54) is 12.1 Å². The molecule has 2 heterocycles. The van der Waals surface area contributed by atoms with Gasteiger partial charge in [0.15, 0.2) is 5.76 Å². The van der Waals surface area contributed by atoms with E-state index in [-0.39, 0.29) is 5.82 Å². The van der Waals surface area contributed by atoms with Crippen molar-refractivity contribution in [3.63, 3.8) is 0 Å². The molecular weight excluding hydrogens is 355 g/mol. The molecule has 0 atom stereocenters. The fourth-order valence-corrected chi connectivity index (χ4v) is 2.69. The van der Waals surface area contributed by atoms with Gasteiger partial charge < -0.3 is 9.84 Å². The Hall–Kier alpha value is -3.28. The van der Waals surface area contributed by atoms with E-state index < -0.39 is 0 Å². The van der Waals surface area contributed by atoms with Gasteiger partial charge in [0.05, 0.1) is 5.69 Å². The normalized spacial score (nSPS) is 11.9. The van der Waals surface area contributed by atoms with E-state index in [0.717, 1.165) is 34.5 Å². The molecule has 0 fully saturated rings. The van der Waals surface area contributed by atoms with Gasteiger partial charge in [-0.15, -0.1) is 0 Å². The first-order valence-electron chi connectivity index (χ1n) is 9.18. The zero-order valence-electron chi connectivity index (χ0n) is 16.2. The van der Waals surface area contributed by atoms with Crippen LogP contribution in [0.1, 0.15) is 36.1 Å². The summed E-state index contributed by atoms with van der Waals surface area (Å²) in [5, 5.41) is 7.15. The number of aromatic nitrogens is 2. The molecule has 5 nitrogen and oxygen atoms in total. The van der Waals surface area contributed by atoms with Gasteiger partial charge in [0, 0.05) is 29.1 Å². The number of aryl methyl sites for hydroxylation is 2. The molecule has 2 aromatic heterocycles. The predicted molar refractivity (Wildman–Crippen MR) is 108 cm³/mol. The first-order chi connectivity index (χ1) is 13.6. The van der Waals surface area contributed by atoms with Crippen LogP contribution in [0, 0.1) is 19.7 Å². The Morgan fingerprint density at radius 1 is 1.18 bits per heavy atom. The number of nitrogens with zero attached hydrogens (tertiary/aromatic N) is 3. The van der Waals surface area contributed by atoms with E-state index in [1.807, 2.05) is 38.3 Å². The summed E-state index contributed by atoms with van der Waals surface area (Å²) in [4.78, 5) is 9.19. The van der Waals surface area contributed by atoms with Gasteiger partial charge in [-0.1, -0.05) is 30.3 Å². The highest BCUT2D eigenvalue weighted by atomic mass is 19.1. The number of benzene rings is 1. The van der Waals surface area contributed by atoms with Crippen molar-refractivity contribution in [1.29, 1.82) is 0 Å². The SMILES string of the molecule is CC/C=C/NC(=NCc1cc(C)no1)c1cc(-c2ccc(F)cc2)cnc1C. The zero-order valence-corrected chi connectivity index (χ0v) is 16.2. The average molecular weight is 378 g/mol. The number of pyridine rings is 1. The number of halogens is 1. The molecular formula is C22H23FN4O. The first-order valence-corrected chi connectivity index (χ1v) is 9.18. The van der Waals surface area contributed by atoms with E-state index >= 15 is 0 Å². The Morgan fingerprint density at radius 3 is 2.64 bits per heavy atom. The standard InChI is InChI=1S/C22H23FN4O/c1-4-5-10-24-22(26-14-20-11-15(2)27-28-20)21-12-18(13-25-16(21)3)17-6-8-19(23)9-7-17/h5-13H,4,14H2,1-3H3,(H,24,26)/b10-5+. The summed E-state index contributed by atoms with van der Waals surface area (Å²) >= 11 is 0. The Bertz CT molecular complexity index is 990. The minimum atomic E-state index is -0.264. The van der Waals surface area contributed by atoms with Gasteiger partial charge >= 0.3 is 0 Å². The molecule has 0 amide bonds. The quantitative estimate of drug-likeness (QED) is 0.487. The van der Waals surface area contributed by atoms with Crippen molar-refractivity contribution in [1.82, 2.24) is 15.5 Å². The molecule has 0 aliphatic rings. The molecule has 3 aromatic rings. The largest absolute Gasteiger partial charge is 0.359 e. The van der Waals surface area contributed by atoms with Crippen molar-refractivity contribution in [2.75, 3.05) is 0 Å². The minimum Gasteiger partial charge on any atom is -0.359 e. The number of hydrogen-bond acceptors (Lipinski definition) is 4. The molecule has 3 rings (SSSR count). The van der Waals surface area contributed by atoms with Crippen molar-refractivity contribution in [3.05, 3.63) is 83.4 Å². The second-order valence-corrected chi connectivity index (χ2v) is 6.42. The molecule has 144 valence electrons. The fourth-order valence-electron chi connectivity index (χ4n) is 2.69. The van der Waals surface area contributed by atoms with Gasteiger partial charge in [-0.2, -0.15) is 0 Å². The predicted octanol–water partition coefficient (Wildman–Crippen LogP) is 4.95. The lowest BCUT2D eigenvalue weighted by Crippen LogP contribution is -2.21. The second kappa shape index (κ2) is 9.08. The van der Waals surface area contributed by atoms with E-state index in [4.69, 9.17) is 4.52 Å². The van der Waals surface area contributed by atoms with Crippen molar-refractivity contribution in [3.8, 4) is 11.1 Å². The maximum Gasteiger partial charge on any atom is 0.158 e. The van der Waals surface area contributed by atoms with Crippen molar-refractivity contribution in [2.45, 2.75) is 33.7 Å². The number of amidine groups is 1. The highest BCUT2D eigenvalue weighted by Crippen LogP contribution is 2.22. The monoisotopic (exact) mass is 378 g/mol. The lowest BCUT2D eigenvalue weighted by atomic mass is 10.0. The molecule has 0 saturated heterocycles. The van der Waals surface area contributed by atoms with Crippen molar-refractivity contribution < 1.29 is 8.91 Å². The third-order valence-corrected chi connectivity index (χ3v) is 4.16. The van der Waals surface area contributed by atoms with Gasteiger partial charge in [0.1, 0.15) is 18.2 Å². The van der Waals surface area contributed by atoms with Crippen LogP contribution >= 0.6 is 0 Å². The fraction of sp³-hybridized carbons (Fsp3) is 0.227. The molecule has 1 aromatic carbocycles. The van der Waals surface area contributed by atoms with Gasteiger partial charge in [0.2, 0.25) is 0 Å². The lowest BCUT2D eigenvalue weighted by Gasteiger charge is -2.11. The van der Waals surface area contributed by atoms with Crippen LogP contribution in [0.15, 0.2) is 64.4 Å². The third kappa shape index (κ3) is 4.91. The van der Waals surface area contributed by atoms with E-state index in [1.54, 1.807) is 18.3 Å². The summed E-state index contributed by atoms with van der Waals surface area (Å²) in [6.45, 7) is 6.24. The van der Waals surface area contributed by atoms with Crippen LogP contribution in [0.4, 0.5) is 4.39 Å². The summed E-state index contributed by atoms with van der Waals surface area (Å²) in [6, 6.07) is 10.2. The summed E-state index contributed by atoms with van der Waals surface area (Å²) in [6.07, 6.45) is 6.58. The van der Waals surface area contributed by atoms with E-state index in [9.17, 15) is 4.39 Å². The number of nitrogens with one attached hydrogen (secondary N) is 1. The van der Waals surface area contributed by atoms with Crippen molar-refractivity contribution >= 4 is 5.84 Å². The van der Waals surface area contributed by atoms with Crippen LogP contribution < -0.4 is 5.32 Å². The Balaban J connectivity index is 1.96. The van der Waals surface area contributed by atoms with Gasteiger partial charge in [-0.3, -0.25) is 9.98 Å². The number of hydrogen-bond donors (Lipinski definition) is 1. The molecule has 0 spiro atoms. The molecule has 0 radical (unpaired) electrons. The molecule has 1 N–H and O–H groups in total. The highest BCUT2D eigenvalue weighted by Gasteiger charge is 2.11. The van der Waals surface area contributed by atoms with Gasteiger partial charge in [0.25, 0.3) is 0 Å². The molecule has 28 heavy (non-hydrogen) atoms. The Morgan fingerprint density at radius 2 is 1.96 bits per heavy atom. The smallest absolute Gasteiger partial charge is 0.158 e. The van der Waals surface area contributed by atoms with Crippen LogP contribution in [0.25, 0.3) is 11.1 Å². The van der Waals surface area contributed by atoms with E-state index in [2.05, 4.69) is 27.4 Å². The van der Waals surface area contributed by atoms with Crippen LogP contribution in [0.2, 0.25) is 0 Å². The number of allylic oxidation sites excluding steroid dienone is 1. The third-order valence-electron chi connectivity index (χ3n) is 4.16. The molecule has 0 aliphatic heterocycles. The van der Waals surface area contributed by atoms with Crippen LogP contribution in [-0.4, -0.2) is 16.0 Å². The van der Waals surface area contributed by atoms with E-state index in [0.29, 0.717) is 18.1 Å². The van der Waals surface area contributed by atoms with Gasteiger partial charge in [-0.25, -0.2) is 4.39 Å². The van der Waals surface area contributed by atoms with Crippen molar-refractivity contribution in [2.24, 2.45) is 4.99 Å². The summed E-state index contributed by atoms with van der Waals surface area (Å²) in [5.41, 5.74) is 4.32.